The molecule has 4 aromatic rings. The first-order valence-electron chi connectivity index (χ1n) is 10.3. The Labute approximate surface area is 181 Å². The van der Waals surface area contributed by atoms with E-state index in [1.807, 2.05) is 60.7 Å². The minimum Gasteiger partial charge on any atom is -0.497 e. The molecule has 158 valence electrons. The van der Waals surface area contributed by atoms with Gasteiger partial charge in [-0.15, -0.1) is 0 Å². The number of para-hydroxylation sites is 3. The summed E-state index contributed by atoms with van der Waals surface area (Å²) in [6, 6.07) is 24.9. The number of aromatic nitrogens is 2. The smallest absolute Gasteiger partial charge is 0.251 e. The SMILES string of the molecule is COc1cccc(C(=O)NCc2nc3ccccc3n2CCCOc2ccccc2)c1. The van der Waals surface area contributed by atoms with E-state index in [0.29, 0.717) is 24.5 Å². The lowest BCUT2D eigenvalue weighted by Crippen LogP contribution is -2.25. The lowest BCUT2D eigenvalue weighted by molar-refractivity contribution is 0.0949. The molecule has 0 aliphatic heterocycles. The number of amides is 1. The first-order valence-corrected chi connectivity index (χ1v) is 10.3. The Bertz CT molecular complexity index is 1160. The second-order valence-electron chi connectivity index (χ2n) is 7.10. The zero-order chi connectivity index (χ0) is 21.5. The number of nitrogens with zero attached hydrogens (tertiary/aromatic N) is 2. The monoisotopic (exact) mass is 415 g/mol. The molecule has 0 aliphatic rings. The second-order valence-corrected chi connectivity index (χ2v) is 7.10. The van der Waals surface area contributed by atoms with Crippen molar-refractivity contribution in [1.82, 2.24) is 14.9 Å². The molecule has 0 aliphatic carbocycles. The van der Waals surface area contributed by atoms with Crippen LogP contribution in [0.1, 0.15) is 22.6 Å². The van der Waals surface area contributed by atoms with Gasteiger partial charge in [0.1, 0.15) is 17.3 Å². The lowest BCUT2D eigenvalue weighted by atomic mass is 10.2. The quantitative estimate of drug-likeness (QED) is 0.410. The van der Waals surface area contributed by atoms with Gasteiger partial charge in [-0.2, -0.15) is 0 Å². The van der Waals surface area contributed by atoms with Crippen LogP contribution in [0.4, 0.5) is 0 Å². The number of imidazole rings is 1. The molecule has 6 nitrogen and oxygen atoms in total. The minimum absolute atomic E-state index is 0.162. The summed E-state index contributed by atoms with van der Waals surface area (Å²) in [6.45, 7) is 1.69. The Kier molecular flexibility index (Phi) is 6.47. The number of methoxy groups -OCH3 is 1. The molecule has 1 amide bonds. The van der Waals surface area contributed by atoms with E-state index >= 15 is 0 Å². The molecule has 0 saturated heterocycles. The summed E-state index contributed by atoms with van der Waals surface area (Å²) < 4.78 is 13.2. The molecule has 0 unspecified atom stereocenters. The summed E-state index contributed by atoms with van der Waals surface area (Å²) in [6.07, 6.45) is 0.825. The third-order valence-corrected chi connectivity index (χ3v) is 5.01. The minimum atomic E-state index is -0.162. The Morgan fingerprint density at radius 2 is 1.74 bits per heavy atom. The van der Waals surface area contributed by atoms with Crippen LogP contribution in [0.3, 0.4) is 0 Å². The van der Waals surface area contributed by atoms with E-state index < -0.39 is 0 Å². The Balaban J connectivity index is 1.43. The molecular weight excluding hydrogens is 390 g/mol. The molecule has 1 aromatic heterocycles. The highest BCUT2D eigenvalue weighted by Gasteiger charge is 2.13. The summed E-state index contributed by atoms with van der Waals surface area (Å²) in [4.78, 5) is 17.3. The van der Waals surface area contributed by atoms with Crippen molar-refractivity contribution in [3.8, 4) is 11.5 Å². The number of carbonyl (C=O) groups excluding carboxylic acids is 1. The summed E-state index contributed by atoms with van der Waals surface area (Å²) in [7, 11) is 1.58. The van der Waals surface area contributed by atoms with E-state index in [1.165, 1.54) is 0 Å². The molecule has 6 heteroatoms. The Morgan fingerprint density at radius 3 is 2.58 bits per heavy atom. The van der Waals surface area contributed by atoms with Gasteiger partial charge in [-0.3, -0.25) is 4.79 Å². The summed E-state index contributed by atoms with van der Waals surface area (Å²) in [5, 5.41) is 2.98. The summed E-state index contributed by atoms with van der Waals surface area (Å²) in [5.74, 6) is 2.17. The van der Waals surface area contributed by atoms with Crippen LogP contribution in [0, 0.1) is 0 Å². The van der Waals surface area contributed by atoms with Gasteiger partial charge in [0.15, 0.2) is 0 Å². The van der Waals surface area contributed by atoms with Gasteiger partial charge in [0, 0.05) is 12.1 Å². The average molecular weight is 415 g/mol. The number of nitrogens with one attached hydrogen (secondary N) is 1. The van der Waals surface area contributed by atoms with Crippen molar-refractivity contribution in [3.63, 3.8) is 0 Å². The maximum Gasteiger partial charge on any atom is 0.251 e. The molecule has 0 radical (unpaired) electrons. The van der Waals surface area contributed by atoms with Gasteiger partial charge in [0.2, 0.25) is 0 Å². The number of aryl methyl sites for hydroxylation is 1. The zero-order valence-corrected chi connectivity index (χ0v) is 17.5. The highest BCUT2D eigenvalue weighted by Crippen LogP contribution is 2.18. The zero-order valence-electron chi connectivity index (χ0n) is 17.5. The molecule has 0 spiro atoms. The topological polar surface area (TPSA) is 65.4 Å². The van der Waals surface area contributed by atoms with Crippen LogP contribution in [0.25, 0.3) is 11.0 Å². The van der Waals surface area contributed by atoms with Crippen molar-refractivity contribution < 1.29 is 14.3 Å². The molecule has 1 heterocycles. The second kappa shape index (κ2) is 9.80. The van der Waals surface area contributed by atoms with E-state index in [9.17, 15) is 4.79 Å². The first-order chi connectivity index (χ1) is 15.2. The molecule has 0 saturated carbocycles. The van der Waals surface area contributed by atoms with Crippen molar-refractivity contribution in [1.29, 1.82) is 0 Å². The molecule has 0 fully saturated rings. The van der Waals surface area contributed by atoms with Crippen LogP contribution in [0.2, 0.25) is 0 Å². The van der Waals surface area contributed by atoms with Crippen LogP contribution in [0.15, 0.2) is 78.9 Å². The van der Waals surface area contributed by atoms with Crippen molar-refractivity contribution in [3.05, 3.63) is 90.3 Å². The predicted octanol–water partition coefficient (Wildman–Crippen LogP) is 4.44. The fraction of sp³-hybridized carbons (Fsp3) is 0.200. The van der Waals surface area contributed by atoms with Crippen LogP contribution in [-0.4, -0.2) is 29.2 Å². The number of carbonyl (C=O) groups is 1. The predicted molar refractivity (Wildman–Crippen MR) is 120 cm³/mol. The lowest BCUT2D eigenvalue weighted by Gasteiger charge is -2.11. The normalized spacial score (nSPS) is 10.7. The van der Waals surface area contributed by atoms with Crippen LogP contribution >= 0.6 is 0 Å². The van der Waals surface area contributed by atoms with Crippen LogP contribution < -0.4 is 14.8 Å². The van der Waals surface area contributed by atoms with E-state index in [0.717, 1.165) is 35.6 Å². The van der Waals surface area contributed by atoms with Gasteiger partial charge < -0.3 is 19.4 Å². The van der Waals surface area contributed by atoms with Crippen LogP contribution in [-0.2, 0) is 13.1 Å². The average Bonchev–Trinajstić information content (AvgIpc) is 3.18. The number of benzene rings is 3. The number of ether oxygens (including phenoxy) is 2. The van der Waals surface area contributed by atoms with Gasteiger partial charge >= 0.3 is 0 Å². The number of hydrogen-bond acceptors (Lipinski definition) is 4. The van der Waals surface area contributed by atoms with Crippen LogP contribution in [0.5, 0.6) is 11.5 Å². The standard InChI is InChI=1S/C25H25N3O3/c1-30-21-12-7-9-19(17-21)25(29)26-18-24-27-22-13-5-6-14-23(22)28(24)15-8-16-31-20-10-3-2-4-11-20/h2-7,9-14,17H,8,15-16,18H2,1H3,(H,26,29). The fourth-order valence-corrected chi connectivity index (χ4v) is 3.46. The third-order valence-electron chi connectivity index (χ3n) is 5.01. The molecule has 31 heavy (non-hydrogen) atoms. The van der Waals surface area contributed by atoms with Crippen molar-refractivity contribution in [2.75, 3.05) is 13.7 Å². The van der Waals surface area contributed by atoms with Crippen molar-refractivity contribution >= 4 is 16.9 Å². The van der Waals surface area contributed by atoms with E-state index in [2.05, 4.69) is 9.88 Å². The van der Waals surface area contributed by atoms with Gasteiger partial charge in [0.25, 0.3) is 5.91 Å². The molecular formula is C25H25N3O3. The highest BCUT2D eigenvalue weighted by atomic mass is 16.5. The van der Waals surface area contributed by atoms with E-state index in [-0.39, 0.29) is 5.91 Å². The van der Waals surface area contributed by atoms with Gasteiger partial charge in [-0.1, -0.05) is 36.4 Å². The first kappa shape index (κ1) is 20.5. The highest BCUT2D eigenvalue weighted by molar-refractivity contribution is 5.94. The Morgan fingerprint density at radius 1 is 0.968 bits per heavy atom. The fourth-order valence-electron chi connectivity index (χ4n) is 3.46. The van der Waals surface area contributed by atoms with Crippen molar-refractivity contribution in [2.45, 2.75) is 19.5 Å². The number of fused-ring (bicyclic) bond motifs is 1. The maximum absolute atomic E-state index is 12.6. The molecule has 0 atom stereocenters. The molecule has 0 bridgehead atoms. The largest absolute Gasteiger partial charge is 0.497 e. The molecule has 1 N–H and O–H groups in total. The number of rotatable bonds is 9. The van der Waals surface area contributed by atoms with Gasteiger partial charge in [-0.05, 0) is 48.9 Å². The van der Waals surface area contributed by atoms with E-state index in [4.69, 9.17) is 14.5 Å². The summed E-state index contributed by atoms with van der Waals surface area (Å²) >= 11 is 0. The summed E-state index contributed by atoms with van der Waals surface area (Å²) in [5.41, 5.74) is 2.52. The molecule has 3 aromatic carbocycles. The maximum atomic E-state index is 12.6. The van der Waals surface area contributed by atoms with Gasteiger partial charge in [0.05, 0.1) is 31.3 Å². The molecule has 4 rings (SSSR count). The van der Waals surface area contributed by atoms with Crippen molar-refractivity contribution in [2.24, 2.45) is 0 Å². The third kappa shape index (κ3) is 5.04. The van der Waals surface area contributed by atoms with Gasteiger partial charge in [-0.25, -0.2) is 4.98 Å². The van der Waals surface area contributed by atoms with E-state index in [1.54, 1.807) is 25.3 Å². The Hall–Kier alpha value is -3.80. The number of hydrogen-bond donors (Lipinski definition) is 1.